The zero-order chi connectivity index (χ0) is 21.6. The van der Waals surface area contributed by atoms with Gasteiger partial charge in [0.15, 0.2) is 0 Å². The van der Waals surface area contributed by atoms with Crippen LogP contribution in [0, 0.1) is 17.5 Å². The maximum Gasteiger partial charge on any atom is 0.340 e. The lowest BCUT2D eigenvalue weighted by molar-refractivity contribution is 0.0696. The largest absolute Gasteiger partial charge is 0.478 e. The zero-order valence-electron chi connectivity index (χ0n) is 15.0. The van der Waals surface area contributed by atoms with Crippen LogP contribution in [0.4, 0.5) is 13.2 Å². The van der Waals surface area contributed by atoms with Gasteiger partial charge < -0.3 is 5.11 Å². The number of nitrogens with zero attached hydrogens (tertiary/aromatic N) is 2. The van der Waals surface area contributed by atoms with Gasteiger partial charge in [0.25, 0.3) is 5.91 Å². The smallest absolute Gasteiger partial charge is 0.340 e. The molecule has 30 heavy (non-hydrogen) atoms. The van der Waals surface area contributed by atoms with Crippen LogP contribution in [-0.2, 0) is 0 Å². The zero-order valence-corrected chi connectivity index (χ0v) is 15.0. The molecule has 0 spiro atoms. The highest BCUT2D eigenvalue weighted by atomic mass is 19.1. The van der Waals surface area contributed by atoms with Gasteiger partial charge in [0.2, 0.25) is 0 Å². The molecule has 9 heteroatoms. The molecule has 0 saturated heterocycles. The van der Waals surface area contributed by atoms with Crippen LogP contribution in [0.15, 0.2) is 65.5 Å². The molecule has 4 aromatic rings. The summed E-state index contributed by atoms with van der Waals surface area (Å²) in [5.74, 6) is -5.19. The maximum absolute atomic E-state index is 14.6. The van der Waals surface area contributed by atoms with E-state index in [4.69, 9.17) is 5.11 Å². The van der Waals surface area contributed by atoms with Gasteiger partial charge in [-0.05, 0) is 48.5 Å². The normalized spacial score (nSPS) is 11.0. The number of carbonyl (C=O) groups is 2. The van der Waals surface area contributed by atoms with Crippen molar-refractivity contribution in [2.24, 2.45) is 0 Å². The standard InChI is InChI=1S/C21H11F3N2O4/c22-12-6-9-14(16(24)10-12)19(27)26-17-3-1-2-15(23)18(17)25(21(26)30)13-7-4-11(5-8-13)20(28)29/h1-10H,(H,28,29). The molecule has 0 atom stereocenters. The molecular formula is C21H11F3N2O4. The number of carbonyl (C=O) groups excluding carboxylic acids is 1. The molecule has 0 aliphatic carbocycles. The molecule has 4 rings (SSSR count). The third-order valence-corrected chi connectivity index (χ3v) is 4.55. The summed E-state index contributed by atoms with van der Waals surface area (Å²) in [5.41, 5.74) is -1.89. The number of imidazole rings is 1. The second-order valence-corrected chi connectivity index (χ2v) is 6.34. The van der Waals surface area contributed by atoms with Gasteiger partial charge in [-0.25, -0.2) is 27.3 Å². The summed E-state index contributed by atoms with van der Waals surface area (Å²) in [6.07, 6.45) is 0. The van der Waals surface area contributed by atoms with Gasteiger partial charge in [-0.2, -0.15) is 0 Å². The molecule has 150 valence electrons. The number of rotatable bonds is 3. The van der Waals surface area contributed by atoms with Crippen LogP contribution in [0.2, 0.25) is 0 Å². The fourth-order valence-corrected chi connectivity index (χ4v) is 3.18. The Morgan fingerprint density at radius 3 is 2.20 bits per heavy atom. The van der Waals surface area contributed by atoms with Crippen LogP contribution in [0.25, 0.3) is 16.7 Å². The van der Waals surface area contributed by atoms with Crippen molar-refractivity contribution in [2.75, 3.05) is 0 Å². The second-order valence-electron chi connectivity index (χ2n) is 6.34. The molecule has 0 unspecified atom stereocenters. The Kier molecular flexibility index (Phi) is 4.50. The lowest BCUT2D eigenvalue weighted by atomic mass is 10.2. The van der Waals surface area contributed by atoms with Crippen LogP contribution in [-0.4, -0.2) is 26.1 Å². The Morgan fingerprint density at radius 1 is 0.867 bits per heavy atom. The van der Waals surface area contributed by atoms with Crippen molar-refractivity contribution in [3.8, 4) is 5.69 Å². The third kappa shape index (κ3) is 2.96. The molecule has 1 aromatic heterocycles. The molecule has 0 saturated carbocycles. The molecule has 0 aliphatic heterocycles. The minimum absolute atomic E-state index is 0.0551. The highest BCUT2D eigenvalue weighted by Gasteiger charge is 2.24. The van der Waals surface area contributed by atoms with Crippen molar-refractivity contribution >= 4 is 22.9 Å². The predicted octanol–water partition coefficient (Wildman–Crippen LogP) is 3.60. The Hall–Kier alpha value is -4.14. The molecule has 0 bridgehead atoms. The first-order valence-corrected chi connectivity index (χ1v) is 8.55. The summed E-state index contributed by atoms with van der Waals surface area (Å²) >= 11 is 0. The number of benzene rings is 3. The third-order valence-electron chi connectivity index (χ3n) is 4.55. The van der Waals surface area contributed by atoms with E-state index >= 15 is 0 Å². The number of para-hydroxylation sites is 1. The fourth-order valence-electron chi connectivity index (χ4n) is 3.18. The Bertz CT molecular complexity index is 1390. The lowest BCUT2D eigenvalue weighted by Gasteiger charge is -2.04. The van der Waals surface area contributed by atoms with Gasteiger partial charge in [0.1, 0.15) is 23.0 Å². The summed E-state index contributed by atoms with van der Waals surface area (Å²) in [6.45, 7) is 0. The van der Waals surface area contributed by atoms with E-state index in [1.165, 1.54) is 36.4 Å². The van der Waals surface area contributed by atoms with Crippen LogP contribution >= 0.6 is 0 Å². The Morgan fingerprint density at radius 2 is 1.57 bits per heavy atom. The molecule has 0 aliphatic rings. The van der Waals surface area contributed by atoms with Crippen LogP contribution in [0.1, 0.15) is 20.7 Å². The molecule has 0 amide bonds. The molecule has 1 N–H and O–H groups in total. The number of hydrogen-bond donors (Lipinski definition) is 1. The van der Waals surface area contributed by atoms with Gasteiger partial charge in [-0.1, -0.05) is 6.07 Å². The van der Waals surface area contributed by atoms with E-state index in [9.17, 15) is 27.6 Å². The highest BCUT2D eigenvalue weighted by molar-refractivity contribution is 6.01. The van der Waals surface area contributed by atoms with Crippen molar-refractivity contribution in [3.63, 3.8) is 0 Å². The number of halogens is 3. The van der Waals surface area contributed by atoms with E-state index in [-0.39, 0.29) is 22.3 Å². The van der Waals surface area contributed by atoms with Crippen molar-refractivity contribution in [1.29, 1.82) is 0 Å². The number of aromatic nitrogens is 2. The van der Waals surface area contributed by atoms with E-state index in [1.807, 2.05) is 0 Å². The van der Waals surface area contributed by atoms with E-state index in [0.29, 0.717) is 10.6 Å². The van der Waals surface area contributed by atoms with Gasteiger partial charge >= 0.3 is 11.7 Å². The van der Waals surface area contributed by atoms with E-state index in [0.717, 1.165) is 22.8 Å². The van der Waals surface area contributed by atoms with Crippen LogP contribution in [0.3, 0.4) is 0 Å². The molecule has 0 radical (unpaired) electrons. The Labute approximate surface area is 166 Å². The van der Waals surface area contributed by atoms with Crippen molar-refractivity contribution in [2.45, 2.75) is 0 Å². The monoisotopic (exact) mass is 412 g/mol. The highest BCUT2D eigenvalue weighted by Crippen LogP contribution is 2.22. The number of fused-ring (bicyclic) bond motifs is 1. The molecule has 6 nitrogen and oxygen atoms in total. The maximum atomic E-state index is 14.6. The first-order valence-electron chi connectivity index (χ1n) is 8.55. The van der Waals surface area contributed by atoms with Gasteiger partial charge in [-0.15, -0.1) is 0 Å². The van der Waals surface area contributed by atoms with Crippen molar-refractivity contribution in [3.05, 3.63) is 99.7 Å². The number of carboxylic acid groups (broad SMARTS) is 1. The first kappa shape index (κ1) is 19.2. The molecule has 1 heterocycles. The molecular weight excluding hydrogens is 401 g/mol. The number of aromatic carboxylic acids is 1. The molecule has 3 aromatic carbocycles. The second kappa shape index (κ2) is 7.03. The van der Waals surface area contributed by atoms with Crippen LogP contribution in [0.5, 0.6) is 0 Å². The SMILES string of the molecule is O=C(O)c1ccc(-n2c(=O)n(C(=O)c3ccc(F)cc3F)c3cccc(F)c32)cc1. The topological polar surface area (TPSA) is 81.3 Å². The summed E-state index contributed by atoms with van der Waals surface area (Å²) in [6, 6.07) is 10.9. The molecule has 0 fully saturated rings. The van der Waals surface area contributed by atoms with Crippen LogP contribution < -0.4 is 5.69 Å². The summed E-state index contributed by atoms with van der Waals surface area (Å²) in [4.78, 5) is 37.0. The van der Waals surface area contributed by atoms with Gasteiger partial charge in [0.05, 0.1) is 22.3 Å². The summed E-state index contributed by atoms with van der Waals surface area (Å²) < 4.78 is 43.4. The van der Waals surface area contributed by atoms with E-state index in [1.54, 1.807) is 0 Å². The summed E-state index contributed by atoms with van der Waals surface area (Å²) in [7, 11) is 0. The summed E-state index contributed by atoms with van der Waals surface area (Å²) in [5, 5.41) is 9.03. The van der Waals surface area contributed by atoms with Crippen molar-refractivity contribution in [1.82, 2.24) is 9.13 Å². The number of hydrogen-bond acceptors (Lipinski definition) is 3. The van der Waals surface area contributed by atoms with E-state index < -0.39 is 40.6 Å². The minimum Gasteiger partial charge on any atom is -0.478 e. The quantitative estimate of drug-likeness (QED) is 0.558. The average molecular weight is 412 g/mol. The fraction of sp³-hybridized carbons (Fsp3) is 0. The Balaban J connectivity index is 2.00. The minimum atomic E-state index is -1.19. The van der Waals surface area contributed by atoms with Gasteiger partial charge in [0, 0.05) is 6.07 Å². The van der Waals surface area contributed by atoms with E-state index in [2.05, 4.69) is 0 Å². The average Bonchev–Trinajstić information content (AvgIpc) is 3.00. The number of carboxylic acids is 1. The first-order chi connectivity index (χ1) is 14.3. The lowest BCUT2D eigenvalue weighted by Crippen LogP contribution is -2.29. The van der Waals surface area contributed by atoms with Crippen molar-refractivity contribution < 1.29 is 27.9 Å². The predicted molar refractivity (Wildman–Crippen MR) is 101 cm³/mol. The van der Waals surface area contributed by atoms with Gasteiger partial charge in [-0.3, -0.25) is 9.36 Å².